The molecule has 0 aromatic heterocycles. The van der Waals surface area contributed by atoms with E-state index in [-0.39, 0.29) is 18.1 Å². The van der Waals surface area contributed by atoms with E-state index in [9.17, 15) is 9.18 Å². The zero-order valence-corrected chi connectivity index (χ0v) is 8.11. The molecule has 1 amide bonds. The molecule has 15 heavy (non-hydrogen) atoms. The van der Waals surface area contributed by atoms with Crippen LogP contribution in [0.3, 0.4) is 0 Å². The number of nitrogens with one attached hydrogen (secondary N) is 1. The molecule has 1 fully saturated rings. The van der Waals surface area contributed by atoms with Crippen molar-refractivity contribution in [1.29, 1.82) is 0 Å². The number of halogens is 1. The van der Waals surface area contributed by atoms with Crippen molar-refractivity contribution >= 4 is 5.91 Å². The van der Waals surface area contributed by atoms with Crippen LogP contribution < -0.4 is 5.32 Å². The highest BCUT2D eigenvalue weighted by Gasteiger charge is 2.28. The molecule has 2 N–H and O–H groups in total. The number of carbonyl (C=O) groups is 1. The summed E-state index contributed by atoms with van der Waals surface area (Å²) in [6.07, 6.45) is 0.866. The Morgan fingerprint density at radius 3 is 2.80 bits per heavy atom. The van der Waals surface area contributed by atoms with Crippen LogP contribution in [0.4, 0.5) is 4.39 Å². The molecule has 1 aliphatic carbocycles. The Kier molecular flexibility index (Phi) is 2.68. The molecule has 2 rings (SSSR count). The van der Waals surface area contributed by atoms with Gasteiger partial charge in [-0.3, -0.25) is 4.79 Å². The molecule has 4 heteroatoms. The average Bonchev–Trinajstić information content (AvgIpc) is 2.15. The van der Waals surface area contributed by atoms with Crippen LogP contribution in [0.15, 0.2) is 24.3 Å². The fraction of sp³-hybridized carbons (Fsp3) is 0.364. The molecule has 0 atom stereocenters. The third-order valence-electron chi connectivity index (χ3n) is 2.54. The zero-order valence-electron chi connectivity index (χ0n) is 8.11. The largest absolute Gasteiger partial charge is 0.393 e. The summed E-state index contributed by atoms with van der Waals surface area (Å²) < 4.78 is 12.8. The van der Waals surface area contributed by atoms with Crippen LogP contribution in [0.2, 0.25) is 0 Å². The SMILES string of the molecule is O=C(NC1CC(O)C1)c1cccc(F)c1. The summed E-state index contributed by atoms with van der Waals surface area (Å²) in [6, 6.07) is 5.58. The maximum absolute atomic E-state index is 12.8. The molecule has 0 bridgehead atoms. The number of aliphatic hydroxyl groups excluding tert-OH is 1. The number of benzene rings is 1. The minimum atomic E-state index is -0.420. The maximum Gasteiger partial charge on any atom is 0.251 e. The quantitative estimate of drug-likeness (QED) is 0.765. The van der Waals surface area contributed by atoms with Gasteiger partial charge in [0.25, 0.3) is 5.91 Å². The van der Waals surface area contributed by atoms with E-state index in [1.54, 1.807) is 6.07 Å². The maximum atomic E-state index is 12.8. The second-order valence-electron chi connectivity index (χ2n) is 3.81. The molecule has 0 spiro atoms. The van der Waals surface area contributed by atoms with Gasteiger partial charge in [0.1, 0.15) is 5.82 Å². The van der Waals surface area contributed by atoms with E-state index in [1.807, 2.05) is 0 Å². The Bertz CT molecular complexity index is 375. The Balaban J connectivity index is 1.96. The molecule has 1 aromatic carbocycles. The summed E-state index contributed by atoms with van der Waals surface area (Å²) in [5, 5.41) is 11.8. The topological polar surface area (TPSA) is 49.3 Å². The fourth-order valence-corrected chi connectivity index (χ4v) is 1.60. The minimum absolute atomic E-state index is 0.0239. The van der Waals surface area contributed by atoms with Gasteiger partial charge >= 0.3 is 0 Å². The Morgan fingerprint density at radius 1 is 1.47 bits per heavy atom. The van der Waals surface area contributed by atoms with Crippen molar-refractivity contribution in [3.63, 3.8) is 0 Å². The summed E-state index contributed by atoms with van der Waals surface area (Å²) in [5.41, 5.74) is 0.316. The van der Waals surface area contributed by atoms with Crippen molar-refractivity contribution in [3.05, 3.63) is 35.6 Å². The lowest BCUT2D eigenvalue weighted by molar-refractivity contribution is 0.0562. The molecular weight excluding hydrogens is 197 g/mol. The molecule has 0 saturated heterocycles. The van der Waals surface area contributed by atoms with E-state index in [0.717, 1.165) is 0 Å². The third-order valence-corrected chi connectivity index (χ3v) is 2.54. The number of aliphatic hydroxyl groups is 1. The molecule has 3 nitrogen and oxygen atoms in total. The molecule has 0 aliphatic heterocycles. The zero-order chi connectivity index (χ0) is 10.8. The van der Waals surface area contributed by atoms with Crippen LogP contribution in [0.1, 0.15) is 23.2 Å². The summed E-state index contributed by atoms with van der Waals surface area (Å²) in [7, 11) is 0. The normalized spacial score (nSPS) is 24.4. The molecule has 0 unspecified atom stereocenters. The molecule has 1 aliphatic rings. The highest BCUT2D eigenvalue weighted by Crippen LogP contribution is 2.19. The van der Waals surface area contributed by atoms with Crippen LogP contribution in [0.25, 0.3) is 0 Å². The van der Waals surface area contributed by atoms with Crippen molar-refractivity contribution < 1.29 is 14.3 Å². The van der Waals surface area contributed by atoms with Crippen LogP contribution in [-0.4, -0.2) is 23.2 Å². The number of hydrogen-bond acceptors (Lipinski definition) is 2. The van der Waals surface area contributed by atoms with Gasteiger partial charge < -0.3 is 10.4 Å². The van der Waals surface area contributed by atoms with Gasteiger partial charge in [0.05, 0.1) is 6.10 Å². The molecule has 1 aromatic rings. The van der Waals surface area contributed by atoms with Crippen molar-refractivity contribution in [2.75, 3.05) is 0 Å². The second kappa shape index (κ2) is 3.98. The van der Waals surface area contributed by atoms with Gasteiger partial charge in [-0.15, -0.1) is 0 Å². The molecular formula is C11H12FNO2. The standard InChI is InChI=1S/C11H12FNO2/c12-8-3-1-2-7(4-8)11(15)13-9-5-10(14)6-9/h1-4,9-10,14H,5-6H2,(H,13,15). The lowest BCUT2D eigenvalue weighted by Crippen LogP contribution is -2.46. The first-order chi connectivity index (χ1) is 7.15. The van der Waals surface area contributed by atoms with Crippen molar-refractivity contribution in [2.24, 2.45) is 0 Å². The predicted molar refractivity (Wildman–Crippen MR) is 52.9 cm³/mol. The van der Waals surface area contributed by atoms with E-state index in [1.165, 1.54) is 18.2 Å². The molecule has 1 saturated carbocycles. The summed E-state index contributed by atoms with van der Waals surface area (Å²) in [5.74, 6) is -0.706. The van der Waals surface area contributed by atoms with Gasteiger partial charge in [0.15, 0.2) is 0 Å². The van der Waals surface area contributed by atoms with Crippen molar-refractivity contribution in [3.8, 4) is 0 Å². The van der Waals surface area contributed by atoms with Gasteiger partial charge in [-0.25, -0.2) is 4.39 Å². The van der Waals surface area contributed by atoms with E-state index < -0.39 is 5.82 Å². The van der Waals surface area contributed by atoms with Crippen LogP contribution >= 0.6 is 0 Å². The monoisotopic (exact) mass is 209 g/mol. The van der Waals surface area contributed by atoms with Gasteiger partial charge in [-0.1, -0.05) is 6.07 Å². The second-order valence-corrected chi connectivity index (χ2v) is 3.81. The predicted octanol–water partition coefficient (Wildman–Crippen LogP) is 1.08. The van der Waals surface area contributed by atoms with Crippen LogP contribution in [-0.2, 0) is 0 Å². The van der Waals surface area contributed by atoms with Crippen LogP contribution in [0.5, 0.6) is 0 Å². The Morgan fingerprint density at radius 2 is 2.20 bits per heavy atom. The molecule has 0 heterocycles. The van der Waals surface area contributed by atoms with E-state index in [4.69, 9.17) is 5.11 Å². The first kappa shape index (κ1) is 10.1. The highest BCUT2D eigenvalue weighted by atomic mass is 19.1. The van der Waals surface area contributed by atoms with Gasteiger partial charge in [0, 0.05) is 11.6 Å². The lowest BCUT2D eigenvalue weighted by atomic mass is 9.89. The Hall–Kier alpha value is -1.42. The van der Waals surface area contributed by atoms with Gasteiger partial charge in [0.2, 0.25) is 0 Å². The summed E-state index contributed by atoms with van der Waals surface area (Å²) in [4.78, 5) is 11.5. The lowest BCUT2D eigenvalue weighted by Gasteiger charge is -2.31. The number of carbonyl (C=O) groups excluding carboxylic acids is 1. The van der Waals surface area contributed by atoms with Gasteiger partial charge in [-0.05, 0) is 31.0 Å². The smallest absolute Gasteiger partial charge is 0.251 e. The summed E-state index contributed by atoms with van der Waals surface area (Å²) >= 11 is 0. The third kappa shape index (κ3) is 2.33. The Labute approximate surface area is 86.9 Å². The fourth-order valence-electron chi connectivity index (χ4n) is 1.60. The van der Waals surface area contributed by atoms with Gasteiger partial charge in [-0.2, -0.15) is 0 Å². The molecule has 0 radical (unpaired) electrons. The number of hydrogen-bond donors (Lipinski definition) is 2. The van der Waals surface area contributed by atoms with E-state index in [2.05, 4.69) is 5.32 Å². The first-order valence-corrected chi connectivity index (χ1v) is 4.89. The minimum Gasteiger partial charge on any atom is -0.393 e. The summed E-state index contributed by atoms with van der Waals surface area (Å²) in [6.45, 7) is 0. The number of rotatable bonds is 2. The highest BCUT2D eigenvalue weighted by molar-refractivity contribution is 5.94. The van der Waals surface area contributed by atoms with E-state index in [0.29, 0.717) is 18.4 Å². The van der Waals surface area contributed by atoms with Crippen molar-refractivity contribution in [1.82, 2.24) is 5.32 Å². The first-order valence-electron chi connectivity index (χ1n) is 4.89. The van der Waals surface area contributed by atoms with Crippen LogP contribution in [0, 0.1) is 5.82 Å². The molecule has 80 valence electrons. The van der Waals surface area contributed by atoms with Crippen molar-refractivity contribution in [2.45, 2.75) is 25.0 Å². The van der Waals surface area contributed by atoms with E-state index >= 15 is 0 Å². The average molecular weight is 209 g/mol. The number of amides is 1.